The van der Waals surface area contributed by atoms with Gasteiger partial charge in [0.2, 0.25) is 0 Å². The summed E-state index contributed by atoms with van der Waals surface area (Å²) in [5, 5.41) is 9.02. The standard InChI is InChI=1S/C13H8BrNO/c14-12-7-4-8-13(11(12)9-15)16-10-5-2-1-3-6-10/h1-8H. The Labute approximate surface area is 102 Å². The average Bonchev–Trinajstić information content (AvgIpc) is 2.31. The van der Waals surface area contributed by atoms with E-state index in [0.717, 1.165) is 10.2 Å². The molecule has 0 aliphatic heterocycles. The van der Waals surface area contributed by atoms with Gasteiger partial charge in [-0.15, -0.1) is 0 Å². The van der Waals surface area contributed by atoms with Crippen molar-refractivity contribution in [2.45, 2.75) is 0 Å². The molecule has 0 heterocycles. The molecular weight excluding hydrogens is 266 g/mol. The number of nitriles is 1. The van der Waals surface area contributed by atoms with Crippen LogP contribution in [-0.4, -0.2) is 0 Å². The Morgan fingerprint density at radius 2 is 1.75 bits per heavy atom. The summed E-state index contributed by atoms with van der Waals surface area (Å²) in [6.45, 7) is 0. The number of ether oxygens (including phenoxy) is 1. The molecule has 0 aromatic heterocycles. The lowest BCUT2D eigenvalue weighted by atomic mass is 10.2. The molecule has 0 bridgehead atoms. The van der Waals surface area contributed by atoms with Gasteiger partial charge in [-0.05, 0) is 40.2 Å². The SMILES string of the molecule is N#Cc1c(Br)cccc1Oc1ccccc1. The van der Waals surface area contributed by atoms with Gasteiger partial charge in [0.25, 0.3) is 0 Å². The molecule has 0 saturated carbocycles. The summed E-state index contributed by atoms with van der Waals surface area (Å²) < 4.78 is 6.37. The van der Waals surface area contributed by atoms with Gasteiger partial charge in [-0.3, -0.25) is 0 Å². The Bertz CT molecular complexity index is 531. The van der Waals surface area contributed by atoms with Crippen LogP contribution in [0.3, 0.4) is 0 Å². The van der Waals surface area contributed by atoms with Gasteiger partial charge in [0.05, 0.1) is 0 Å². The fourth-order valence-electron chi connectivity index (χ4n) is 1.31. The van der Waals surface area contributed by atoms with Crippen molar-refractivity contribution in [3.8, 4) is 17.6 Å². The third-order valence-electron chi connectivity index (χ3n) is 2.06. The van der Waals surface area contributed by atoms with Crippen molar-refractivity contribution >= 4 is 15.9 Å². The molecule has 0 N–H and O–H groups in total. The van der Waals surface area contributed by atoms with E-state index >= 15 is 0 Å². The second kappa shape index (κ2) is 4.82. The van der Waals surface area contributed by atoms with Crippen LogP contribution in [0.5, 0.6) is 11.5 Å². The second-order valence-corrected chi connectivity index (χ2v) is 3.99. The zero-order chi connectivity index (χ0) is 11.4. The Balaban J connectivity index is 2.36. The van der Waals surface area contributed by atoms with Crippen molar-refractivity contribution in [3.05, 3.63) is 58.6 Å². The van der Waals surface area contributed by atoms with Crippen molar-refractivity contribution in [3.63, 3.8) is 0 Å². The first-order valence-electron chi connectivity index (χ1n) is 4.73. The van der Waals surface area contributed by atoms with Crippen molar-refractivity contribution in [2.24, 2.45) is 0 Å². The van der Waals surface area contributed by atoms with E-state index in [4.69, 9.17) is 10.00 Å². The number of halogens is 1. The molecule has 0 spiro atoms. The first-order valence-corrected chi connectivity index (χ1v) is 5.52. The summed E-state index contributed by atoms with van der Waals surface area (Å²) in [7, 11) is 0. The number of hydrogen-bond acceptors (Lipinski definition) is 2. The smallest absolute Gasteiger partial charge is 0.146 e. The second-order valence-electron chi connectivity index (χ2n) is 3.14. The molecule has 0 saturated heterocycles. The summed E-state index contributed by atoms with van der Waals surface area (Å²) >= 11 is 3.32. The average molecular weight is 274 g/mol. The Morgan fingerprint density at radius 1 is 1.00 bits per heavy atom. The van der Waals surface area contributed by atoms with E-state index in [1.54, 1.807) is 6.07 Å². The molecule has 2 rings (SSSR count). The lowest BCUT2D eigenvalue weighted by Crippen LogP contribution is -1.88. The molecule has 0 fully saturated rings. The van der Waals surface area contributed by atoms with Crippen molar-refractivity contribution in [1.82, 2.24) is 0 Å². The molecule has 0 atom stereocenters. The van der Waals surface area contributed by atoms with E-state index in [1.165, 1.54) is 0 Å². The maximum absolute atomic E-state index is 9.02. The molecular formula is C13H8BrNO. The first kappa shape index (κ1) is 10.7. The minimum Gasteiger partial charge on any atom is -0.456 e. The molecule has 3 heteroatoms. The van der Waals surface area contributed by atoms with Crippen molar-refractivity contribution in [1.29, 1.82) is 5.26 Å². The predicted molar refractivity (Wildman–Crippen MR) is 65.4 cm³/mol. The van der Waals surface area contributed by atoms with E-state index in [2.05, 4.69) is 22.0 Å². The normalized spacial score (nSPS) is 9.50. The predicted octanol–water partition coefficient (Wildman–Crippen LogP) is 4.11. The van der Waals surface area contributed by atoms with E-state index in [1.807, 2.05) is 42.5 Å². The van der Waals surface area contributed by atoms with Crippen LogP contribution in [-0.2, 0) is 0 Å². The largest absolute Gasteiger partial charge is 0.456 e. The first-order chi connectivity index (χ1) is 7.81. The molecule has 0 aliphatic rings. The maximum Gasteiger partial charge on any atom is 0.146 e. The highest BCUT2D eigenvalue weighted by Gasteiger charge is 2.07. The van der Waals surface area contributed by atoms with Crippen molar-refractivity contribution < 1.29 is 4.74 Å². The topological polar surface area (TPSA) is 33.0 Å². The van der Waals surface area contributed by atoms with Crippen LogP contribution in [0.1, 0.15) is 5.56 Å². The fraction of sp³-hybridized carbons (Fsp3) is 0. The van der Waals surface area contributed by atoms with Crippen LogP contribution in [0.15, 0.2) is 53.0 Å². The summed E-state index contributed by atoms with van der Waals surface area (Å²) in [5.74, 6) is 1.28. The Kier molecular flexibility index (Phi) is 3.23. The lowest BCUT2D eigenvalue weighted by Gasteiger charge is -2.07. The molecule has 2 aromatic carbocycles. The number of rotatable bonds is 2. The minimum atomic E-state index is 0.506. The van der Waals surface area contributed by atoms with Crippen LogP contribution < -0.4 is 4.74 Å². The van der Waals surface area contributed by atoms with E-state index in [-0.39, 0.29) is 0 Å². The van der Waals surface area contributed by atoms with E-state index in [0.29, 0.717) is 11.3 Å². The van der Waals surface area contributed by atoms with E-state index < -0.39 is 0 Å². The number of hydrogen-bond donors (Lipinski definition) is 0. The molecule has 2 nitrogen and oxygen atoms in total. The van der Waals surface area contributed by atoms with Crippen LogP contribution in [0.2, 0.25) is 0 Å². The summed E-state index contributed by atoms with van der Waals surface area (Å²) in [6.07, 6.45) is 0. The number of para-hydroxylation sites is 1. The zero-order valence-electron chi connectivity index (χ0n) is 8.35. The third-order valence-corrected chi connectivity index (χ3v) is 2.72. The highest BCUT2D eigenvalue weighted by molar-refractivity contribution is 9.10. The molecule has 16 heavy (non-hydrogen) atoms. The molecule has 0 unspecified atom stereocenters. The Hall–Kier alpha value is -1.79. The highest BCUT2D eigenvalue weighted by Crippen LogP contribution is 2.29. The molecule has 0 radical (unpaired) electrons. The van der Waals surface area contributed by atoms with Gasteiger partial charge in [0.15, 0.2) is 0 Å². The molecule has 78 valence electrons. The number of benzene rings is 2. The monoisotopic (exact) mass is 273 g/mol. The van der Waals surface area contributed by atoms with Gasteiger partial charge in [-0.2, -0.15) is 5.26 Å². The zero-order valence-corrected chi connectivity index (χ0v) is 9.94. The Morgan fingerprint density at radius 3 is 2.44 bits per heavy atom. The fourth-order valence-corrected chi connectivity index (χ4v) is 1.75. The summed E-state index contributed by atoms with van der Waals surface area (Å²) in [5.41, 5.74) is 0.506. The van der Waals surface area contributed by atoms with Gasteiger partial charge in [0, 0.05) is 4.47 Å². The molecule has 0 aliphatic carbocycles. The van der Waals surface area contributed by atoms with Gasteiger partial charge >= 0.3 is 0 Å². The summed E-state index contributed by atoms with van der Waals surface area (Å²) in [6, 6.07) is 16.9. The lowest BCUT2D eigenvalue weighted by molar-refractivity contribution is 0.481. The molecule has 0 amide bonds. The van der Waals surface area contributed by atoms with Crippen LogP contribution in [0, 0.1) is 11.3 Å². The van der Waals surface area contributed by atoms with Gasteiger partial charge in [-0.25, -0.2) is 0 Å². The van der Waals surface area contributed by atoms with Crippen molar-refractivity contribution in [2.75, 3.05) is 0 Å². The van der Waals surface area contributed by atoms with Crippen LogP contribution in [0.4, 0.5) is 0 Å². The van der Waals surface area contributed by atoms with Crippen LogP contribution in [0.25, 0.3) is 0 Å². The third kappa shape index (κ3) is 2.23. The minimum absolute atomic E-state index is 0.506. The van der Waals surface area contributed by atoms with Gasteiger partial charge < -0.3 is 4.74 Å². The molecule has 2 aromatic rings. The summed E-state index contributed by atoms with van der Waals surface area (Å²) in [4.78, 5) is 0. The maximum atomic E-state index is 9.02. The van der Waals surface area contributed by atoms with Gasteiger partial charge in [0.1, 0.15) is 23.1 Å². The van der Waals surface area contributed by atoms with Gasteiger partial charge in [-0.1, -0.05) is 24.3 Å². The van der Waals surface area contributed by atoms with Crippen LogP contribution >= 0.6 is 15.9 Å². The van der Waals surface area contributed by atoms with E-state index in [9.17, 15) is 0 Å². The highest BCUT2D eigenvalue weighted by atomic mass is 79.9. The number of nitrogens with zero attached hydrogens (tertiary/aromatic N) is 1. The quantitative estimate of drug-likeness (QED) is 0.825.